The molecule has 7 rings (SSSR count). The van der Waals surface area contributed by atoms with Crippen molar-refractivity contribution in [3.05, 3.63) is 125 Å². The molecule has 4 aromatic rings. The third-order valence-electron chi connectivity index (χ3n) is 8.82. The van der Waals surface area contributed by atoms with E-state index >= 15 is 4.79 Å². The second-order valence-corrected chi connectivity index (χ2v) is 10.7. The van der Waals surface area contributed by atoms with Gasteiger partial charge in [0.2, 0.25) is 5.91 Å². The zero-order valence-electron chi connectivity index (χ0n) is 23.1. The number of ketones is 2. The molecule has 1 fully saturated rings. The number of ether oxygens (including phenoxy) is 2. The van der Waals surface area contributed by atoms with Crippen LogP contribution in [0.1, 0.15) is 31.8 Å². The van der Waals surface area contributed by atoms with E-state index in [1.165, 1.54) is 14.2 Å². The van der Waals surface area contributed by atoms with Gasteiger partial charge in [0.05, 0.1) is 31.7 Å². The van der Waals surface area contributed by atoms with Gasteiger partial charge in [-0.2, -0.15) is 0 Å². The Morgan fingerprint density at radius 1 is 0.833 bits per heavy atom. The van der Waals surface area contributed by atoms with Crippen LogP contribution in [0.25, 0.3) is 6.08 Å². The summed E-state index contributed by atoms with van der Waals surface area (Å²) in [5, 5.41) is 3.05. The van der Waals surface area contributed by atoms with Crippen molar-refractivity contribution >= 4 is 34.9 Å². The van der Waals surface area contributed by atoms with Gasteiger partial charge in [-0.25, -0.2) is 0 Å². The smallest absolute Gasteiger partial charge is 0.238 e. The third-order valence-corrected chi connectivity index (χ3v) is 8.82. The lowest BCUT2D eigenvalue weighted by Crippen LogP contribution is -2.51. The number of hydrogen-bond donors (Lipinski definition) is 1. The Morgan fingerprint density at radius 3 is 2.36 bits per heavy atom. The quantitative estimate of drug-likeness (QED) is 0.313. The summed E-state index contributed by atoms with van der Waals surface area (Å²) in [5.41, 5.74) is 2.35. The molecule has 0 bridgehead atoms. The molecule has 0 unspecified atom stereocenters. The molecule has 4 atom stereocenters. The minimum atomic E-state index is -1.40. The highest BCUT2D eigenvalue weighted by Gasteiger charge is 2.70. The molecule has 0 aliphatic carbocycles. The minimum Gasteiger partial charge on any atom is -0.497 e. The summed E-state index contributed by atoms with van der Waals surface area (Å²) in [7, 11) is 3.02. The minimum absolute atomic E-state index is 0.236. The maximum atomic E-state index is 15.1. The van der Waals surface area contributed by atoms with Crippen LogP contribution in [0, 0.1) is 5.92 Å². The molecule has 1 N–H and O–H groups in total. The van der Waals surface area contributed by atoms with E-state index in [0.717, 1.165) is 11.3 Å². The van der Waals surface area contributed by atoms with Gasteiger partial charge in [0.25, 0.3) is 0 Å². The van der Waals surface area contributed by atoms with Crippen LogP contribution in [0.5, 0.6) is 11.5 Å². The van der Waals surface area contributed by atoms with Gasteiger partial charge in [0.1, 0.15) is 23.0 Å². The molecular weight excluding hydrogens is 528 g/mol. The molecule has 208 valence electrons. The summed E-state index contributed by atoms with van der Waals surface area (Å²) < 4.78 is 11.1. The fourth-order valence-corrected chi connectivity index (χ4v) is 7.07. The van der Waals surface area contributed by atoms with Gasteiger partial charge in [-0.1, -0.05) is 78.9 Å². The van der Waals surface area contributed by atoms with Gasteiger partial charge >= 0.3 is 0 Å². The Morgan fingerprint density at radius 2 is 1.57 bits per heavy atom. The Labute approximate surface area is 243 Å². The number of nitrogens with zero attached hydrogens (tertiary/aromatic N) is 1. The van der Waals surface area contributed by atoms with Crippen LogP contribution in [-0.2, 0) is 10.2 Å². The fraction of sp³-hybridized carbons (Fsp3) is 0.171. The number of carbonyl (C=O) groups is 3. The lowest BCUT2D eigenvalue weighted by molar-refractivity contribution is -0.121. The van der Waals surface area contributed by atoms with Gasteiger partial charge in [0, 0.05) is 16.9 Å². The van der Waals surface area contributed by atoms with Gasteiger partial charge in [0.15, 0.2) is 11.6 Å². The van der Waals surface area contributed by atoms with Crippen LogP contribution >= 0.6 is 0 Å². The van der Waals surface area contributed by atoms with Gasteiger partial charge < -0.3 is 19.7 Å². The Kier molecular flexibility index (Phi) is 5.97. The van der Waals surface area contributed by atoms with E-state index in [2.05, 4.69) is 5.32 Å². The van der Waals surface area contributed by atoms with E-state index in [-0.39, 0.29) is 23.0 Å². The van der Waals surface area contributed by atoms with Gasteiger partial charge in [-0.05, 0) is 41.5 Å². The number of amides is 1. The summed E-state index contributed by atoms with van der Waals surface area (Å²) in [4.78, 5) is 46.2. The Hall–Kier alpha value is -5.17. The van der Waals surface area contributed by atoms with E-state index < -0.39 is 23.4 Å². The molecule has 1 saturated heterocycles. The summed E-state index contributed by atoms with van der Waals surface area (Å²) in [6.07, 6.45) is 3.95. The number of rotatable bonds is 6. The molecule has 3 aliphatic rings. The number of Topliss-reactive ketones (excluding diaryl/α,β-unsaturated/α-hetero) is 2. The second-order valence-electron chi connectivity index (χ2n) is 10.7. The number of carbonyl (C=O) groups excluding carboxylic acids is 3. The van der Waals surface area contributed by atoms with E-state index in [4.69, 9.17) is 9.47 Å². The monoisotopic (exact) mass is 556 g/mol. The van der Waals surface area contributed by atoms with Crippen molar-refractivity contribution < 1.29 is 23.9 Å². The zero-order valence-corrected chi connectivity index (χ0v) is 23.1. The molecule has 4 aromatic carbocycles. The zero-order chi connectivity index (χ0) is 29.0. The number of fused-ring (bicyclic) bond motifs is 6. The van der Waals surface area contributed by atoms with Crippen molar-refractivity contribution in [1.82, 2.24) is 0 Å². The van der Waals surface area contributed by atoms with Gasteiger partial charge in [-0.3, -0.25) is 14.4 Å². The number of hydrogen-bond acceptors (Lipinski definition) is 6. The number of methoxy groups -OCH3 is 2. The maximum Gasteiger partial charge on any atom is 0.238 e. The van der Waals surface area contributed by atoms with Crippen molar-refractivity contribution in [3.63, 3.8) is 0 Å². The molecule has 0 radical (unpaired) electrons. The first-order chi connectivity index (χ1) is 20.5. The topological polar surface area (TPSA) is 84.9 Å². The SMILES string of the molecule is COc1ccc(OC)c(C(=O)[C@@H]2[C@@H](C(=O)c3ccccc3)N3c4ccccc4C=C[C@@H]3[C@@]23C(=O)Nc2ccccc23)c1. The number of para-hydroxylation sites is 2. The average molecular weight is 557 g/mol. The first-order valence-electron chi connectivity index (χ1n) is 13.8. The molecule has 7 heteroatoms. The van der Waals surface area contributed by atoms with Crippen LogP contribution in [0.15, 0.2) is 103 Å². The molecule has 1 spiro atoms. The summed E-state index contributed by atoms with van der Waals surface area (Å²) in [6, 6.07) is 27.6. The lowest BCUT2D eigenvalue weighted by atomic mass is 9.64. The Balaban J connectivity index is 1.55. The molecule has 3 aliphatic heterocycles. The number of nitrogens with one attached hydrogen (secondary N) is 1. The summed E-state index contributed by atoms with van der Waals surface area (Å²) >= 11 is 0. The number of benzene rings is 4. The van der Waals surface area contributed by atoms with Crippen LogP contribution in [0.4, 0.5) is 11.4 Å². The largest absolute Gasteiger partial charge is 0.497 e. The normalized spacial score (nSPS) is 23.1. The first kappa shape index (κ1) is 25.8. The highest BCUT2D eigenvalue weighted by molar-refractivity contribution is 6.19. The highest BCUT2D eigenvalue weighted by atomic mass is 16.5. The lowest BCUT2D eigenvalue weighted by Gasteiger charge is -2.37. The highest BCUT2D eigenvalue weighted by Crippen LogP contribution is 2.58. The van der Waals surface area contributed by atoms with E-state index in [0.29, 0.717) is 28.3 Å². The van der Waals surface area contributed by atoms with Crippen molar-refractivity contribution in [2.75, 3.05) is 24.4 Å². The van der Waals surface area contributed by atoms with E-state index in [9.17, 15) is 9.59 Å². The molecule has 0 aromatic heterocycles. The maximum absolute atomic E-state index is 15.1. The first-order valence-corrected chi connectivity index (χ1v) is 13.8. The molecule has 42 heavy (non-hydrogen) atoms. The van der Waals surface area contributed by atoms with Crippen LogP contribution in [0.2, 0.25) is 0 Å². The second kappa shape index (κ2) is 9.73. The Bertz CT molecular complexity index is 1780. The summed E-state index contributed by atoms with van der Waals surface area (Å²) in [5.74, 6) is -1.21. The van der Waals surface area contributed by atoms with Crippen molar-refractivity contribution in [1.29, 1.82) is 0 Å². The van der Waals surface area contributed by atoms with Gasteiger partial charge in [-0.15, -0.1) is 0 Å². The number of anilines is 2. The fourth-order valence-electron chi connectivity index (χ4n) is 7.07. The summed E-state index contributed by atoms with van der Waals surface area (Å²) in [6.45, 7) is 0. The molecule has 0 saturated carbocycles. The predicted octanol–water partition coefficient (Wildman–Crippen LogP) is 5.56. The standard InChI is InChI=1S/C35H28N2O5/c1-41-23-17-18-28(42-2)24(20-23)33(39)30-31(32(38)22-11-4-3-5-12-22)37-27-15-9-6-10-21(27)16-19-29(37)35(30)25-13-7-8-14-26(25)36-34(35)40/h3-20,29-31H,1-2H3,(H,36,40)/t29-,30+,31+,35-/m1/s1. The molecular formula is C35H28N2O5. The van der Waals surface area contributed by atoms with Crippen LogP contribution < -0.4 is 19.7 Å². The molecule has 1 amide bonds. The van der Waals surface area contributed by atoms with Crippen molar-refractivity contribution in [2.24, 2.45) is 5.92 Å². The molecule has 7 nitrogen and oxygen atoms in total. The van der Waals surface area contributed by atoms with Crippen molar-refractivity contribution in [2.45, 2.75) is 17.5 Å². The van der Waals surface area contributed by atoms with E-state index in [1.807, 2.05) is 71.6 Å². The average Bonchev–Trinajstić information content (AvgIpc) is 3.52. The predicted molar refractivity (Wildman–Crippen MR) is 160 cm³/mol. The molecule has 3 heterocycles. The van der Waals surface area contributed by atoms with E-state index in [1.54, 1.807) is 42.5 Å². The third kappa shape index (κ3) is 3.49. The van der Waals surface area contributed by atoms with Crippen LogP contribution in [0.3, 0.4) is 0 Å². The van der Waals surface area contributed by atoms with Crippen molar-refractivity contribution in [3.8, 4) is 11.5 Å². The van der Waals surface area contributed by atoms with Crippen LogP contribution in [-0.4, -0.2) is 43.8 Å².